The summed E-state index contributed by atoms with van der Waals surface area (Å²) in [4.78, 5) is 26.4. The summed E-state index contributed by atoms with van der Waals surface area (Å²) in [6.07, 6.45) is -0.837. The van der Waals surface area contributed by atoms with Gasteiger partial charge in [-0.05, 0) is 32.9 Å². The van der Waals surface area contributed by atoms with Gasteiger partial charge in [0.15, 0.2) is 5.82 Å². The topological polar surface area (TPSA) is 77.5 Å². The molecule has 0 aliphatic carbocycles. The van der Waals surface area contributed by atoms with Crippen molar-refractivity contribution in [3.05, 3.63) is 23.6 Å². The molecule has 0 aromatic carbocycles. The molecule has 0 saturated carbocycles. The Morgan fingerprint density at radius 1 is 1.32 bits per heavy atom. The number of amides is 1. The molecule has 0 radical (unpaired) electrons. The van der Waals surface area contributed by atoms with Crippen LogP contribution in [0.5, 0.6) is 0 Å². The zero-order valence-corrected chi connectivity index (χ0v) is 11.1. The lowest BCUT2D eigenvalue weighted by Gasteiger charge is -2.19. The lowest BCUT2D eigenvalue weighted by molar-refractivity contribution is 0.0601. The number of anilines is 1. The van der Waals surface area contributed by atoms with E-state index in [0.29, 0.717) is 0 Å². The first-order valence-electron chi connectivity index (χ1n) is 5.48. The molecule has 1 amide bonds. The zero-order chi connectivity index (χ0) is 14.6. The molecule has 7 heteroatoms. The Hall–Kier alpha value is -2.18. The number of nitrogens with one attached hydrogen (secondary N) is 1. The highest BCUT2D eigenvalue weighted by Gasteiger charge is 2.20. The van der Waals surface area contributed by atoms with Gasteiger partial charge in [0.25, 0.3) is 0 Å². The quantitative estimate of drug-likeness (QED) is 0.659. The van der Waals surface area contributed by atoms with E-state index in [0.717, 1.165) is 6.07 Å². The molecule has 0 fully saturated rings. The largest absolute Gasteiger partial charge is 0.465 e. The van der Waals surface area contributed by atoms with E-state index in [1.807, 2.05) is 0 Å². The number of halogens is 1. The van der Waals surface area contributed by atoms with E-state index >= 15 is 0 Å². The van der Waals surface area contributed by atoms with Crippen LogP contribution in [0.2, 0.25) is 0 Å². The van der Waals surface area contributed by atoms with Crippen LogP contribution in [0.25, 0.3) is 0 Å². The van der Waals surface area contributed by atoms with Gasteiger partial charge in [0.1, 0.15) is 11.2 Å². The molecule has 0 aliphatic heterocycles. The number of carbonyl (C=O) groups is 2. The van der Waals surface area contributed by atoms with Gasteiger partial charge in [0.05, 0.1) is 7.11 Å². The molecule has 0 spiro atoms. The van der Waals surface area contributed by atoms with Gasteiger partial charge < -0.3 is 9.47 Å². The SMILES string of the molecule is COC(=O)c1ccc(F)nc1NC(=O)OC(C)(C)C. The molecular formula is C12H15FN2O4. The molecule has 0 aliphatic rings. The smallest absolute Gasteiger partial charge is 0.413 e. The lowest BCUT2D eigenvalue weighted by Crippen LogP contribution is -2.28. The minimum atomic E-state index is -0.837. The summed E-state index contributed by atoms with van der Waals surface area (Å²) < 4.78 is 22.5. The third-order valence-corrected chi connectivity index (χ3v) is 1.89. The van der Waals surface area contributed by atoms with Crippen molar-refractivity contribution in [1.29, 1.82) is 0 Å². The van der Waals surface area contributed by atoms with Crippen LogP contribution in [0.3, 0.4) is 0 Å². The Kier molecular flexibility index (Phi) is 4.42. The molecule has 19 heavy (non-hydrogen) atoms. The number of carbonyl (C=O) groups excluding carboxylic acids is 2. The van der Waals surface area contributed by atoms with Crippen LogP contribution in [0.15, 0.2) is 12.1 Å². The summed E-state index contributed by atoms with van der Waals surface area (Å²) in [5.41, 5.74) is -0.780. The maximum Gasteiger partial charge on any atom is 0.413 e. The molecule has 0 saturated heterocycles. The maximum absolute atomic E-state index is 13.0. The monoisotopic (exact) mass is 270 g/mol. The molecule has 0 bridgehead atoms. The van der Waals surface area contributed by atoms with Gasteiger partial charge in [-0.3, -0.25) is 5.32 Å². The van der Waals surface area contributed by atoms with E-state index in [4.69, 9.17) is 4.74 Å². The number of nitrogens with zero attached hydrogens (tertiary/aromatic N) is 1. The van der Waals surface area contributed by atoms with Crippen LogP contribution < -0.4 is 5.32 Å². The number of hydrogen-bond donors (Lipinski definition) is 1. The summed E-state index contributed by atoms with van der Waals surface area (Å²) in [5.74, 6) is -1.82. The molecule has 1 aromatic rings. The highest BCUT2D eigenvalue weighted by atomic mass is 19.1. The van der Waals surface area contributed by atoms with Crippen molar-refractivity contribution in [2.24, 2.45) is 0 Å². The lowest BCUT2D eigenvalue weighted by atomic mass is 10.2. The first-order chi connectivity index (χ1) is 8.73. The molecule has 104 valence electrons. The second-order valence-corrected chi connectivity index (χ2v) is 4.65. The van der Waals surface area contributed by atoms with E-state index < -0.39 is 23.6 Å². The van der Waals surface area contributed by atoms with Crippen LogP contribution in [0.1, 0.15) is 31.1 Å². The van der Waals surface area contributed by atoms with Crippen LogP contribution >= 0.6 is 0 Å². The summed E-state index contributed by atoms with van der Waals surface area (Å²) in [5, 5.41) is 2.21. The number of pyridine rings is 1. The number of rotatable bonds is 2. The second-order valence-electron chi connectivity index (χ2n) is 4.65. The first kappa shape index (κ1) is 14.9. The van der Waals surface area contributed by atoms with Crippen molar-refractivity contribution in [3.8, 4) is 0 Å². The van der Waals surface area contributed by atoms with Gasteiger partial charge in [0.2, 0.25) is 5.95 Å². The van der Waals surface area contributed by atoms with Crippen molar-refractivity contribution in [2.75, 3.05) is 12.4 Å². The standard InChI is InChI=1S/C12H15FN2O4/c1-12(2,3)19-11(17)15-9-7(10(16)18-4)5-6-8(13)14-9/h5-6H,1-4H3,(H,14,15,17). The normalized spacial score (nSPS) is 10.8. The van der Waals surface area contributed by atoms with Crippen LogP contribution in [-0.4, -0.2) is 29.8 Å². The van der Waals surface area contributed by atoms with E-state index in [9.17, 15) is 14.0 Å². The molecule has 1 aromatic heterocycles. The summed E-state index contributed by atoms with van der Waals surface area (Å²) in [6, 6.07) is 2.16. The van der Waals surface area contributed by atoms with Crippen LogP contribution in [0.4, 0.5) is 15.0 Å². The average Bonchev–Trinajstić information content (AvgIpc) is 2.25. The summed E-state index contributed by atoms with van der Waals surface area (Å²) in [6.45, 7) is 5.02. The summed E-state index contributed by atoms with van der Waals surface area (Å²) >= 11 is 0. The fraction of sp³-hybridized carbons (Fsp3) is 0.417. The van der Waals surface area contributed by atoms with Crippen LogP contribution in [-0.2, 0) is 9.47 Å². The van der Waals surface area contributed by atoms with E-state index in [2.05, 4.69) is 15.0 Å². The number of ether oxygens (including phenoxy) is 2. The van der Waals surface area contributed by atoms with Crippen molar-refractivity contribution in [2.45, 2.75) is 26.4 Å². The van der Waals surface area contributed by atoms with Crippen molar-refractivity contribution in [3.63, 3.8) is 0 Å². The van der Waals surface area contributed by atoms with E-state index in [1.165, 1.54) is 13.2 Å². The zero-order valence-electron chi connectivity index (χ0n) is 11.1. The number of hydrogen-bond acceptors (Lipinski definition) is 5. The maximum atomic E-state index is 13.0. The molecule has 0 unspecified atom stereocenters. The predicted molar refractivity (Wildman–Crippen MR) is 65.4 cm³/mol. The molecule has 1 rings (SSSR count). The first-order valence-corrected chi connectivity index (χ1v) is 5.48. The molecular weight excluding hydrogens is 255 g/mol. The van der Waals surface area contributed by atoms with Gasteiger partial charge in [-0.2, -0.15) is 4.39 Å². The van der Waals surface area contributed by atoms with Crippen molar-refractivity contribution in [1.82, 2.24) is 4.98 Å². The van der Waals surface area contributed by atoms with Crippen molar-refractivity contribution < 1.29 is 23.5 Å². The average molecular weight is 270 g/mol. The molecule has 1 heterocycles. The fourth-order valence-electron chi connectivity index (χ4n) is 1.21. The van der Waals surface area contributed by atoms with Gasteiger partial charge in [-0.15, -0.1) is 0 Å². The number of methoxy groups -OCH3 is 1. The Morgan fingerprint density at radius 3 is 2.47 bits per heavy atom. The van der Waals surface area contributed by atoms with E-state index in [-0.39, 0.29) is 11.4 Å². The second kappa shape index (κ2) is 5.64. The Bertz CT molecular complexity index is 497. The predicted octanol–water partition coefficient (Wildman–Crippen LogP) is 2.35. The van der Waals surface area contributed by atoms with Gasteiger partial charge in [0, 0.05) is 0 Å². The molecule has 1 N–H and O–H groups in total. The molecule has 6 nitrogen and oxygen atoms in total. The van der Waals surface area contributed by atoms with Gasteiger partial charge in [-0.25, -0.2) is 14.6 Å². The Labute approximate surface area is 109 Å². The van der Waals surface area contributed by atoms with Gasteiger partial charge in [-0.1, -0.05) is 0 Å². The number of esters is 1. The fourth-order valence-corrected chi connectivity index (χ4v) is 1.21. The Morgan fingerprint density at radius 2 is 1.95 bits per heavy atom. The van der Waals surface area contributed by atoms with Gasteiger partial charge >= 0.3 is 12.1 Å². The minimum absolute atomic E-state index is 0.0604. The highest BCUT2D eigenvalue weighted by molar-refractivity contribution is 5.98. The third kappa shape index (κ3) is 4.53. The summed E-state index contributed by atoms with van der Waals surface area (Å²) in [7, 11) is 1.17. The molecule has 0 atom stereocenters. The van der Waals surface area contributed by atoms with Crippen molar-refractivity contribution >= 4 is 17.9 Å². The number of aromatic nitrogens is 1. The minimum Gasteiger partial charge on any atom is -0.465 e. The van der Waals surface area contributed by atoms with Crippen LogP contribution in [0, 0.1) is 5.95 Å². The van der Waals surface area contributed by atoms with E-state index in [1.54, 1.807) is 20.8 Å². The third-order valence-electron chi connectivity index (χ3n) is 1.89. The highest BCUT2D eigenvalue weighted by Crippen LogP contribution is 2.16. The Balaban J connectivity index is 2.96.